The lowest BCUT2D eigenvalue weighted by atomic mass is 9.65. The van der Waals surface area contributed by atoms with E-state index in [9.17, 15) is 29.1 Å². The van der Waals surface area contributed by atoms with Gasteiger partial charge in [0.25, 0.3) is 0 Å². The number of hydrogen-bond acceptors (Lipinski definition) is 12. The van der Waals surface area contributed by atoms with Crippen LogP contribution in [0.3, 0.4) is 0 Å². The third-order valence-electron chi connectivity index (χ3n) is 14.6. The minimum Gasteiger partial charge on any atom is -0.508 e. The molecule has 0 radical (unpaired) electrons. The Morgan fingerprint density at radius 3 is 2.17 bits per heavy atom. The van der Waals surface area contributed by atoms with Crippen LogP contribution >= 0.6 is 22.6 Å². The van der Waals surface area contributed by atoms with Crippen molar-refractivity contribution < 1.29 is 52.8 Å². The molecule has 0 aliphatic carbocycles. The van der Waals surface area contributed by atoms with E-state index in [0.717, 1.165) is 14.7 Å². The van der Waals surface area contributed by atoms with E-state index in [1.807, 2.05) is 104 Å². The number of fused-ring (bicyclic) bond motifs is 4. The second-order valence-electron chi connectivity index (χ2n) is 19.2. The fourth-order valence-electron chi connectivity index (χ4n) is 11.7. The molecule has 3 amide bonds. The minimum atomic E-state index is -1.71. The Morgan fingerprint density at radius 1 is 0.819 bits per heavy atom. The summed E-state index contributed by atoms with van der Waals surface area (Å²) in [6.45, 7) is 7.31. The molecule has 0 bridgehead atoms. The van der Waals surface area contributed by atoms with Gasteiger partial charge in [-0.2, -0.15) is 0 Å². The van der Waals surface area contributed by atoms with E-state index in [1.54, 1.807) is 30.3 Å². The quantitative estimate of drug-likeness (QED) is 0.0329. The Morgan fingerprint density at radius 2 is 1.49 bits per heavy atom. The monoisotopic (exact) mass is 1080 g/mol. The zero-order chi connectivity index (χ0) is 50.4. The lowest BCUT2D eigenvalue weighted by molar-refractivity contribution is -0.180. The molecule has 370 valence electrons. The summed E-state index contributed by atoms with van der Waals surface area (Å²) in [6, 6.07) is 32.6. The summed E-state index contributed by atoms with van der Waals surface area (Å²) in [6.07, 6.45) is 1.10. The number of rotatable bonds is 14. The molecule has 5 aliphatic rings. The Kier molecular flexibility index (Phi) is 13.4. The standard InChI is InChI=1S/C56H53IN4O11/c1-4-25-70-53(66)44-47-54(67)72-48(34-13-9-6-10-14-34)46(32-11-7-5-8-12-32)61(47)49(56(44)40-29-36(57)19-24-41(40)59-55(56)68)35-17-22-38(23-18-35)69-26-27-71-52(65)39-30-43-50(63)58-42(28-31(2)3)51(64)60(43)45(39)33-15-20-37(62)21-16-33/h4-24,29,31,39,42-49,62H,1,25-28,30H2,2-3H3,(H,58,63)(H,59,68)/t39-,42+,43-,44-,45-,46-,47-,48+,49+,56-/m1/s1. The van der Waals surface area contributed by atoms with Crippen molar-refractivity contribution in [1.82, 2.24) is 15.1 Å². The van der Waals surface area contributed by atoms with Crippen LogP contribution in [0.1, 0.15) is 78.7 Å². The van der Waals surface area contributed by atoms with E-state index in [0.29, 0.717) is 34.5 Å². The number of carbonyl (C=O) groups excluding carboxylic acids is 6. The molecular weight excluding hydrogens is 1030 g/mol. The maximum absolute atomic E-state index is 15.2. The SMILES string of the molecule is C=CCOC(=O)[C@H]1[C@@H]2C(=O)O[C@@H](c3ccccc3)[C@@H](c3ccccc3)N2[C@@H](c2ccc(OCCOC(=O)[C@@H]3C[C@@H]4C(=O)N[C@@H](CC(C)C)C(=O)N4[C@@H]3c3ccc(O)cc3)cc2)[C@]12C(=O)Nc1ccc(I)cc12. The van der Waals surface area contributed by atoms with Gasteiger partial charge < -0.3 is 39.6 Å². The van der Waals surface area contributed by atoms with Crippen LogP contribution in [0.2, 0.25) is 0 Å². The first kappa shape index (κ1) is 48.6. The molecule has 72 heavy (non-hydrogen) atoms. The van der Waals surface area contributed by atoms with Crippen molar-refractivity contribution in [2.45, 2.75) is 74.5 Å². The Bertz CT molecular complexity index is 2920. The summed E-state index contributed by atoms with van der Waals surface area (Å²) < 4.78 is 25.0. The fraction of sp³-hybridized carbons (Fsp3) is 0.321. The smallest absolute Gasteiger partial charge is 0.325 e. The maximum atomic E-state index is 15.2. The van der Waals surface area contributed by atoms with Gasteiger partial charge in [-0.25, -0.2) is 0 Å². The molecule has 5 aliphatic heterocycles. The van der Waals surface area contributed by atoms with Crippen molar-refractivity contribution in [1.29, 1.82) is 0 Å². The van der Waals surface area contributed by atoms with Crippen LogP contribution in [0.5, 0.6) is 11.5 Å². The average molecular weight is 1080 g/mol. The second kappa shape index (κ2) is 19.9. The van der Waals surface area contributed by atoms with Gasteiger partial charge in [-0.15, -0.1) is 0 Å². The normalized spacial score (nSPS) is 27.3. The molecule has 3 N–H and O–H groups in total. The highest BCUT2D eigenvalue weighted by molar-refractivity contribution is 14.1. The topological polar surface area (TPSA) is 190 Å². The highest BCUT2D eigenvalue weighted by Crippen LogP contribution is 2.65. The van der Waals surface area contributed by atoms with E-state index in [4.69, 9.17) is 18.9 Å². The average Bonchev–Trinajstić information content (AvgIpc) is 4.03. The third kappa shape index (κ3) is 8.46. The van der Waals surface area contributed by atoms with Crippen LogP contribution < -0.4 is 15.4 Å². The van der Waals surface area contributed by atoms with Crippen LogP contribution in [0.4, 0.5) is 5.69 Å². The second-order valence-corrected chi connectivity index (χ2v) is 20.5. The van der Waals surface area contributed by atoms with Gasteiger partial charge in [0.05, 0.1) is 24.0 Å². The summed E-state index contributed by atoms with van der Waals surface area (Å²) in [4.78, 5) is 89.7. The van der Waals surface area contributed by atoms with Gasteiger partial charge in [0.2, 0.25) is 17.7 Å². The third-order valence-corrected chi connectivity index (χ3v) is 15.2. The van der Waals surface area contributed by atoms with E-state index in [-0.39, 0.29) is 49.7 Å². The van der Waals surface area contributed by atoms with Crippen LogP contribution in [0.25, 0.3) is 0 Å². The zero-order valence-corrected chi connectivity index (χ0v) is 41.7. The molecule has 4 fully saturated rings. The summed E-state index contributed by atoms with van der Waals surface area (Å²) in [5.74, 6) is -4.77. The molecule has 0 aromatic heterocycles. The Labute approximate surface area is 430 Å². The summed E-state index contributed by atoms with van der Waals surface area (Å²) in [7, 11) is 0. The fourth-order valence-corrected chi connectivity index (χ4v) is 12.2. The molecule has 5 heterocycles. The summed E-state index contributed by atoms with van der Waals surface area (Å²) in [5, 5.41) is 16.0. The number of esters is 3. The summed E-state index contributed by atoms with van der Waals surface area (Å²) >= 11 is 2.18. The lowest BCUT2D eigenvalue weighted by Gasteiger charge is -2.46. The van der Waals surface area contributed by atoms with Gasteiger partial charge in [-0.1, -0.05) is 111 Å². The first-order chi connectivity index (χ1) is 34.8. The predicted octanol–water partition coefficient (Wildman–Crippen LogP) is 7.42. The Hall–Kier alpha value is -7.05. The molecule has 15 nitrogen and oxygen atoms in total. The molecule has 4 saturated heterocycles. The zero-order valence-electron chi connectivity index (χ0n) is 39.5. The van der Waals surface area contributed by atoms with Gasteiger partial charge in [0.1, 0.15) is 66.9 Å². The number of phenolic OH excluding ortho intramolecular Hbond substituents is 1. The van der Waals surface area contributed by atoms with Crippen molar-refractivity contribution in [3.05, 3.63) is 171 Å². The highest BCUT2D eigenvalue weighted by Gasteiger charge is 2.74. The van der Waals surface area contributed by atoms with Gasteiger partial charge in [0, 0.05) is 9.26 Å². The first-order valence-electron chi connectivity index (χ1n) is 24.1. The van der Waals surface area contributed by atoms with Crippen LogP contribution in [0, 0.1) is 21.3 Å². The number of cyclic esters (lactones) is 1. The van der Waals surface area contributed by atoms with Crippen molar-refractivity contribution in [3.8, 4) is 11.5 Å². The predicted molar refractivity (Wildman–Crippen MR) is 271 cm³/mol. The van der Waals surface area contributed by atoms with Gasteiger partial charge in [-0.3, -0.25) is 33.7 Å². The maximum Gasteiger partial charge on any atom is 0.325 e. The number of benzene rings is 5. The largest absolute Gasteiger partial charge is 0.508 e. The first-order valence-corrected chi connectivity index (χ1v) is 25.2. The number of amides is 3. The number of piperazine rings is 1. The van der Waals surface area contributed by atoms with Crippen molar-refractivity contribution in [2.24, 2.45) is 17.8 Å². The number of hydrogen-bond donors (Lipinski definition) is 3. The molecule has 0 saturated carbocycles. The summed E-state index contributed by atoms with van der Waals surface area (Å²) in [5.41, 5.74) is 2.08. The number of nitrogens with zero attached hydrogens (tertiary/aromatic N) is 2. The van der Waals surface area contributed by atoms with E-state index in [1.165, 1.54) is 23.1 Å². The van der Waals surface area contributed by atoms with Crippen molar-refractivity contribution >= 4 is 63.9 Å². The number of halogens is 1. The molecule has 1 spiro atoms. The molecule has 5 aromatic carbocycles. The van der Waals surface area contributed by atoms with Gasteiger partial charge in [-0.05, 0) is 112 Å². The number of phenols is 1. The van der Waals surface area contributed by atoms with Crippen molar-refractivity contribution in [2.75, 3.05) is 25.1 Å². The van der Waals surface area contributed by atoms with Crippen molar-refractivity contribution in [3.63, 3.8) is 0 Å². The van der Waals surface area contributed by atoms with Crippen LogP contribution in [-0.4, -0.2) is 88.5 Å². The van der Waals surface area contributed by atoms with E-state index in [2.05, 4.69) is 39.8 Å². The van der Waals surface area contributed by atoms with E-state index >= 15 is 4.79 Å². The van der Waals surface area contributed by atoms with Crippen LogP contribution in [0.15, 0.2) is 140 Å². The van der Waals surface area contributed by atoms with Gasteiger partial charge in [0.15, 0.2) is 0 Å². The molecule has 10 atom stereocenters. The molecule has 10 rings (SSSR count). The van der Waals surface area contributed by atoms with Gasteiger partial charge >= 0.3 is 17.9 Å². The molecule has 16 heteroatoms. The number of anilines is 1. The van der Waals surface area contributed by atoms with E-state index < -0.39 is 83.4 Å². The molecular formula is C56H53IN4O11. The number of ether oxygens (including phenoxy) is 4. The number of aromatic hydroxyl groups is 1. The Balaban J connectivity index is 0.964. The minimum absolute atomic E-state index is 0.0199. The number of nitrogens with one attached hydrogen (secondary N) is 2. The highest BCUT2D eigenvalue weighted by atomic mass is 127. The molecule has 5 aromatic rings. The number of morpholine rings is 1. The molecule has 0 unspecified atom stereocenters. The van der Waals surface area contributed by atoms with Crippen LogP contribution in [-0.2, 0) is 48.4 Å². The number of carbonyl (C=O) groups is 6. The lowest BCUT2D eigenvalue weighted by Crippen LogP contribution is -2.61.